The number of esters is 1. The fourth-order valence-corrected chi connectivity index (χ4v) is 0.773. The van der Waals surface area contributed by atoms with Gasteiger partial charge in [-0.1, -0.05) is 6.92 Å². The normalized spacial score (nSPS) is 9.09. The largest absolute Gasteiger partial charge is 0.462 e. The quantitative estimate of drug-likeness (QED) is 0.576. The van der Waals surface area contributed by atoms with Crippen molar-refractivity contribution < 1.29 is 9.53 Å². The second kappa shape index (κ2) is 6.20. The van der Waals surface area contributed by atoms with E-state index in [4.69, 9.17) is 4.74 Å². The van der Waals surface area contributed by atoms with E-state index in [1.807, 2.05) is 6.92 Å². The molecule has 0 rings (SSSR count). The third-order valence-electron chi connectivity index (χ3n) is 0.782. The summed E-state index contributed by atoms with van der Waals surface area (Å²) in [6.07, 6.45) is 0.825. The zero-order valence-corrected chi connectivity index (χ0v) is 10.6. The van der Waals surface area contributed by atoms with Crippen LogP contribution >= 0.6 is 47.8 Å². The van der Waals surface area contributed by atoms with E-state index < -0.39 is 0 Å². The number of rotatable bonds is 3. The van der Waals surface area contributed by atoms with Crippen LogP contribution < -0.4 is 0 Å². The maximum Gasteiger partial charge on any atom is 0.346 e. The molecule has 0 heterocycles. The highest BCUT2D eigenvalue weighted by Gasteiger charge is 2.09. The predicted molar refractivity (Wildman–Crippen MR) is 55.1 cm³/mol. The van der Waals surface area contributed by atoms with Crippen molar-refractivity contribution in [3.8, 4) is 0 Å². The van der Waals surface area contributed by atoms with Gasteiger partial charge in [-0.05, 0) is 54.2 Å². The standard InChI is InChI=1S/C6H7Br3O2/c1-2-3-11-6(10)4(7)5(8)9/h2-3H2,1H3. The molecular weight excluding hydrogens is 344 g/mol. The molecule has 0 saturated carbocycles. The van der Waals surface area contributed by atoms with Crippen LogP contribution in [0.2, 0.25) is 0 Å². The lowest BCUT2D eigenvalue weighted by molar-refractivity contribution is -0.138. The molecule has 2 nitrogen and oxygen atoms in total. The fraction of sp³-hybridized carbons (Fsp3) is 0.500. The minimum Gasteiger partial charge on any atom is -0.462 e. The second-order valence-corrected chi connectivity index (χ2v) is 5.15. The Labute approximate surface area is 90.8 Å². The smallest absolute Gasteiger partial charge is 0.346 e. The molecule has 0 unspecified atom stereocenters. The van der Waals surface area contributed by atoms with Gasteiger partial charge in [0.1, 0.15) is 4.48 Å². The van der Waals surface area contributed by atoms with Gasteiger partial charge in [0.25, 0.3) is 0 Å². The van der Waals surface area contributed by atoms with Crippen molar-refractivity contribution in [2.24, 2.45) is 0 Å². The first-order chi connectivity index (χ1) is 5.09. The topological polar surface area (TPSA) is 26.3 Å². The lowest BCUT2D eigenvalue weighted by Gasteiger charge is -2.00. The summed E-state index contributed by atoms with van der Waals surface area (Å²) in [4.78, 5) is 11.0. The van der Waals surface area contributed by atoms with E-state index in [9.17, 15) is 4.79 Å². The SMILES string of the molecule is CCCOC(=O)C(Br)=C(Br)Br. The van der Waals surface area contributed by atoms with Crippen molar-refractivity contribution in [2.75, 3.05) is 6.61 Å². The van der Waals surface area contributed by atoms with E-state index in [0.717, 1.165) is 6.42 Å². The Balaban J connectivity index is 3.95. The van der Waals surface area contributed by atoms with Gasteiger partial charge < -0.3 is 4.74 Å². The molecule has 0 saturated heterocycles. The van der Waals surface area contributed by atoms with Crippen LogP contribution in [0.4, 0.5) is 0 Å². The number of hydrogen-bond donors (Lipinski definition) is 0. The lowest BCUT2D eigenvalue weighted by Crippen LogP contribution is -2.04. The van der Waals surface area contributed by atoms with Crippen LogP contribution in [0.1, 0.15) is 13.3 Å². The van der Waals surface area contributed by atoms with Crippen molar-refractivity contribution in [1.82, 2.24) is 0 Å². The Bertz CT molecular complexity index is 173. The van der Waals surface area contributed by atoms with Gasteiger partial charge in [-0.15, -0.1) is 0 Å². The van der Waals surface area contributed by atoms with Crippen molar-refractivity contribution in [2.45, 2.75) is 13.3 Å². The van der Waals surface area contributed by atoms with Crippen LogP contribution in [0, 0.1) is 0 Å². The van der Waals surface area contributed by atoms with Crippen LogP contribution in [-0.4, -0.2) is 12.6 Å². The molecular formula is C6H7Br3O2. The molecule has 11 heavy (non-hydrogen) atoms. The average Bonchev–Trinajstić information content (AvgIpc) is 1.98. The second-order valence-electron chi connectivity index (χ2n) is 1.71. The molecule has 0 aliphatic carbocycles. The number of ether oxygens (including phenoxy) is 1. The van der Waals surface area contributed by atoms with Gasteiger partial charge in [0.05, 0.1) is 10.00 Å². The maximum atomic E-state index is 11.0. The summed E-state index contributed by atoms with van der Waals surface area (Å²) >= 11 is 9.21. The summed E-state index contributed by atoms with van der Waals surface area (Å²) in [6, 6.07) is 0. The van der Waals surface area contributed by atoms with E-state index in [2.05, 4.69) is 47.8 Å². The van der Waals surface area contributed by atoms with Crippen molar-refractivity contribution in [1.29, 1.82) is 0 Å². The Morgan fingerprint density at radius 3 is 2.27 bits per heavy atom. The van der Waals surface area contributed by atoms with Crippen LogP contribution in [-0.2, 0) is 9.53 Å². The molecule has 0 atom stereocenters. The molecule has 0 bridgehead atoms. The summed E-state index contributed by atoms with van der Waals surface area (Å²) in [6.45, 7) is 2.38. The van der Waals surface area contributed by atoms with E-state index >= 15 is 0 Å². The first-order valence-corrected chi connectivity index (χ1v) is 5.35. The first-order valence-electron chi connectivity index (χ1n) is 2.97. The van der Waals surface area contributed by atoms with E-state index in [1.54, 1.807) is 0 Å². The zero-order valence-electron chi connectivity index (χ0n) is 5.86. The number of carbonyl (C=O) groups is 1. The van der Waals surface area contributed by atoms with Crippen LogP contribution in [0.15, 0.2) is 7.87 Å². The highest BCUT2D eigenvalue weighted by Crippen LogP contribution is 2.24. The Morgan fingerprint density at radius 2 is 1.91 bits per heavy atom. The molecule has 0 aromatic rings. The molecule has 0 amide bonds. The van der Waals surface area contributed by atoms with Crippen LogP contribution in [0.3, 0.4) is 0 Å². The molecule has 0 fully saturated rings. The van der Waals surface area contributed by atoms with E-state index in [1.165, 1.54) is 0 Å². The third kappa shape index (κ3) is 4.98. The van der Waals surface area contributed by atoms with Gasteiger partial charge >= 0.3 is 5.97 Å². The Morgan fingerprint density at radius 1 is 1.36 bits per heavy atom. The van der Waals surface area contributed by atoms with E-state index in [0.29, 0.717) is 14.5 Å². The summed E-state index contributed by atoms with van der Waals surface area (Å²) < 4.78 is 5.74. The monoisotopic (exact) mass is 348 g/mol. The summed E-state index contributed by atoms with van der Waals surface area (Å²) in [5.74, 6) is -0.365. The van der Waals surface area contributed by atoms with Gasteiger partial charge in [-0.3, -0.25) is 0 Å². The highest BCUT2D eigenvalue weighted by atomic mass is 79.9. The molecule has 0 aromatic carbocycles. The minimum absolute atomic E-state index is 0.365. The van der Waals surface area contributed by atoms with E-state index in [-0.39, 0.29) is 5.97 Å². The Kier molecular flexibility index (Phi) is 6.56. The molecule has 0 aliphatic heterocycles. The van der Waals surface area contributed by atoms with Crippen molar-refractivity contribution >= 4 is 53.8 Å². The summed E-state index contributed by atoms with van der Waals surface area (Å²) in [5.41, 5.74) is 0. The lowest BCUT2D eigenvalue weighted by atomic mass is 10.5. The third-order valence-corrected chi connectivity index (χ3v) is 3.36. The van der Waals surface area contributed by atoms with Crippen molar-refractivity contribution in [3.05, 3.63) is 7.87 Å². The van der Waals surface area contributed by atoms with Gasteiger partial charge in [-0.2, -0.15) is 0 Å². The summed E-state index contributed by atoms with van der Waals surface area (Å²) in [5, 5.41) is 0. The average molecular weight is 351 g/mol. The van der Waals surface area contributed by atoms with Gasteiger partial charge in [0, 0.05) is 0 Å². The molecule has 5 heteroatoms. The van der Waals surface area contributed by atoms with Gasteiger partial charge in [-0.25, -0.2) is 4.79 Å². The predicted octanol–water partition coefficient (Wildman–Crippen LogP) is 3.29. The Hall–Kier alpha value is 0.650. The fourth-order valence-electron chi connectivity index (χ4n) is 0.335. The number of carbonyl (C=O) groups excluding carboxylic acids is 1. The molecule has 0 aromatic heterocycles. The minimum atomic E-state index is -0.365. The number of halogens is 3. The van der Waals surface area contributed by atoms with Crippen molar-refractivity contribution in [3.63, 3.8) is 0 Å². The van der Waals surface area contributed by atoms with Gasteiger partial charge in [0.2, 0.25) is 0 Å². The molecule has 0 radical (unpaired) electrons. The van der Waals surface area contributed by atoms with Crippen LogP contribution in [0.25, 0.3) is 0 Å². The molecule has 0 N–H and O–H groups in total. The van der Waals surface area contributed by atoms with Gasteiger partial charge in [0.15, 0.2) is 0 Å². The van der Waals surface area contributed by atoms with Crippen LogP contribution in [0.5, 0.6) is 0 Å². The zero-order chi connectivity index (χ0) is 8.85. The molecule has 0 spiro atoms. The first kappa shape index (κ1) is 11.6. The maximum absolute atomic E-state index is 11.0. The molecule has 64 valence electrons. The number of hydrogen-bond acceptors (Lipinski definition) is 2. The highest BCUT2D eigenvalue weighted by molar-refractivity contribution is 9.29. The molecule has 0 aliphatic rings. The summed E-state index contributed by atoms with van der Waals surface area (Å²) in [7, 11) is 0.